The van der Waals surface area contributed by atoms with Gasteiger partial charge in [0.05, 0.1) is 25.8 Å². The molecule has 3 aromatic rings. The van der Waals surface area contributed by atoms with Crippen molar-refractivity contribution in [1.29, 1.82) is 0 Å². The van der Waals surface area contributed by atoms with Gasteiger partial charge in [-0.25, -0.2) is 4.79 Å². The minimum Gasteiger partial charge on any atom is -0.465 e. The Morgan fingerprint density at radius 2 is 1.52 bits per heavy atom. The predicted octanol–water partition coefficient (Wildman–Crippen LogP) is 4.76. The molecule has 0 aliphatic carbocycles. The first-order valence-electron chi connectivity index (χ1n) is 8.65. The first-order valence-corrected chi connectivity index (χ1v) is 10.4. The van der Waals surface area contributed by atoms with Crippen LogP contribution in [0.25, 0.3) is 0 Å². The van der Waals surface area contributed by atoms with E-state index < -0.39 is 0 Å². The van der Waals surface area contributed by atoms with E-state index >= 15 is 0 Å². The monoisotopic (exact) mass is 399 g/mol. The van der Waals surface area contributed by atoms with Crippen molar-refractivity contribution >= 4 is 34.6 Å². The van der Waals surface area contributed by atoms with Crippen LogP contribution >= 0.6 is 22.7 Å². The maximum absolute atomic E-state index is 12.9. The summed E-state index contributed by atoms with van der Waals surface area (Å²) in [7, 11) is 1.37. The predicted molar refractivity (Wildman–Crippen MR) is 109 cm³/mol. The molecule has 0 atom stereocenters. The summed E-state index contributed by atoms with van der Waals surface area (Å²) in [5.74, 6) is -0.218. The molecule has 6 heteroatoms. The molecule has 1 aromatic carbocycles. The lowest BCUT2D eigenvalue weighted by Gasteiger charge is -2.21. The van der Waals surface area contributed by atoms with Crippen LogP contribution in [0.15, 0.2) is 59.3 Å². The molecule has 140 valence electrons. The summed E-state index contributed by atoms with van der Waals surface area (Å²) < 4.78 is 4.71. The molecule has 4 nitrogen and oxygen atoms in total. The molecule has 1 amide bonds. The van der Waals surface area contributed by atoms with Crippen molar-refractivity contribution in [1.82, 2.24) is 4.90 Å². The standard InChI is InChI=1S/C21H21NO3S2/c1-25-21(24)17-9-6-16(7-10-17)8-11-20(23)22(14-18-4-2-12-26-18)15-19-5-3-13-27-19/h2-7,9-10,12-13H,8,11,14-15H2,1H3. The van der Waals surface area contributed by atoms with E-state index in [1.807, 2.05) is 39.9 Å². The first kappa shape index (κ1) is 19.3. The second-order valence-electron chi connectivity index (χ2n) is 6.10. The fourth-order valence-corrected chi connectivity index (χ4v) is 4.19. The number of carbonyl (C=O) groups excluding carboxylic acids is 2. The average molecular weight is 400 g/mol. The second kappa shape index (κ2) is 9.48. The maximum Gasteiger partial charge on any atom is 0.337 e. The van der Waals surface area contributed by atoms with Gasteiger partial charge in [-0.05, 0) is 47.0 Å². The summed E-state index contributed by atoms with van der Waals surface area (Å²) in [6.07, 6.45) is 1.08. The van der Waals surface area contributed by atoms with Gasteiger partial charge in [0.15, 0.2) is 0 Å². The van der Waals surface area contributed by atoms with Gasteiger partial charge in [0.25, 0.3) is 0 Å². The van der Waals surface area contributed by atoms with E-state index in [9.17, 15) is 9.59 Å². The average Bonchev–Trinajstić information content (AvgIpc) is 3.39. The number of ether oxygens (including phenoxy) is 1. The van der Waals surface area contributed by atoms with Gasteiger partial charge in [0.1, 0.15) is 0 Å². The van der Waals surface area contributed by atoms with Gasteiger partial charge in [0, 0.05) is 16.2 Å². The van der Waals surface area contributed by atoms with Crippen LogP contribution in [0.5, 0.6) is 0 Å². The second-order valence-corrected chi connectivity index (χ2v) is 8.16. The Morgan fingerprint density at radius 1 is 0.926 bits per heavy atom. The van der Waals surface area contributed by atoms with Crippen LogP contribution in [-0.2, 0) is 29.0 Å². The van der Waals surface area contributed by atoms with Gasteiger partial charge in [-0.15, -0.1) is 22.7 Å². The third-order valence-electron chi connectivity index (χ3n) is 4.21. The molecule has 3 rings (SSSR count). The zero-order valence-electron chi connectivity index (χ0n) is 15.1. The van der Waals surface area contributed by atoms with E-state index in [1.54, 1.807) is 34.8 Å². The molecule has 0 aliphatic rings. The number of hydrogen-bond acceptors (Lipinski definition) is 5. The Labute approximate surface area is 167 Å². The molecule has 0 unspecified atom stereocenters. The first-order chi connectivity index (χ1) is 13.2. The number of amides is 1. The zero-order chi connectivity index (χ0) is 19.1. The molecule has 0 N–H and O–H groups in total. The van der Waals surface area contributed by atoms with Crippen LogP contribution in [0.4, 0.5) is 0 Å². The van der Waals surface area contributed by atoms with Gasteiger partial charge in [0.2, 0.25) is 5.91 Å². The highest BCUT2D eigenvalue weighted by molar-refractivity contribution is 7.10. The topological polar surface area (TPSA) is 46.6 Å². The molecule has 0 bridgehead atoms. The molecule has 0 saturated carbocycles. The van der Waals surface area contributed by atoms with Gasteiger partial charge >= 0.3 is 5.97 Å². The highest BCUT2D eigenvalue weighted by atomic mass is 32.1. The number of hydrogen-bond donors (Lipinski definition) is 0. The van der Waals surface area contributed by atoms with E-state index in [1.165, 1.54) is 16.9 Å². The zero-order valence-corrected chi connectivity index (χ0v) is 16.7. The van der Waals surface area contributed by atoms with Gasteiger partial charge < -0.3 is 9.64 Å². The Hall–Kier alpha value is -2.44. The van der Waals surface area contributed by atoms with Crippen LogP contribution in [0, 0.1) is 0 Å². The van der Waals surface area contributed by atoms with E-state index in [2.05, 4.69) is 12.1 Å². The minimum atomic E-state index is -0.351. The van der Waals surface area contributed by atoms with Gasteiger partial charge in [-0.1, -0.05) is 24.3 Å². The van der Waals surface area contributed by atoms with E-state index in [4.69, 9.17) is 4.74 Å². The molecule has 0 saturated heterocycles. The summed E-state index contributed by atoms with van der Waals surface area (Å²) in [6.45, 7) is 1.27. The van der Waals surface area contributed by atoms with E-state index in [-0.39, 0.29) is 11.9 Å². The number of nitrogens with zero attached hydrogens (tertiary/aromatic N) is 1. The van der Waals surface area contributed by atoms with Crippen molar-refractivity contribution in [3.63, 3.8) is 0 Å². The number of aryl methyl sites for hydroxylation is 1. The molecular weight excluding hydrogens is 378 g/mol. The normalized spacial score (nSPS) is 10.6. The Kier molecular flexibility index (Phi) is 6.79. The van der Waals surface area contributed by atoms with Crippen LogP contribution in [-0.4, -0.2) is 23.9 Å². The summed E-state index contributed by atoms with van der Waals surface area (Å²) in [5, 5.41) is 4.07. The number of thiophene rings is 2. The van der Waals surface area contributed by atoms with Crippen molar-refractivity contribution in [3.05, 3.63) is 80.2 Å². The smallest absolute Gasteiger partial charge is 0.337 e. The third kappa shape index (κ3) is 5.52. The molecular formula is C21H21NO3S2. The lowest BCUT2D eigenvalue weighted by Crippen LogP contribution is -2.29. The molecule has 0 spiro atoms. The summed E-state index contributed by atoms with van der Waals surface area (Å²) in [5.41, 5.74) is 1.55. The van der Waals surface area contributed by atoms with Crippen LogP contribution in [0.3, 0.4) is 0 Å². The molecule has 2 heterocycles. The fourth-order valence-electron chi connectivity index (χ4n) is 2.75. The molecule has 0 aliphatic heterocycles. The lowest BCUT2D eigenvalue weighted by molar-refractivity contribution is -0.132. The van der Waals surface area contributed by atoms with E-state index in [0.29, 0.717) is 31.5 Å². The highest BCUT2D eigenvalue weighted by Gasteiger charge is 2.16. The molecule has 0 fully saturated rings. The van der Waals surface area contributed by atoms with E-state index in [0.717, 1.165) is 5.56 Å². The van der Waals surface area contributed by atoms with Crippen molar-refractivity contribution in [2.24, 2.45) is 0 Å². The summed E-state index contributed by atoms with van der Waals surface area (Å²) in [4.78, 5) is 28.6. The minimum absolute atomic E-state index is 0.133. The Bertz CT molecular complexity index is 819. The SMILES string of the molecule is COC(=O)c1ccc(CCC(=O)N(Cc2cccs2)Cc2cccs2)cc1. The number of carbonyl (C=O) groups is 2. The number of rotatable bonds is 8. The van der Waals surface area contributed by atoms with Gasteiger partial charge in [-0.3, -0.25) is 4.79 Å². The quantitative estimate of drug-likeness (QED) is 0.513. The Morgan fingerprint density at radius 3 is 2.00 bits per heavy atom. The number of benzene rings is 1. The number of methoxy groups -OCH3 is 1. The van der Waals surface area contributed by atoms with Crippen LogP contribution in [0.2, 0.25) is 0 Å². The number of esters is 1. The maximum atomic E-state index is 12.9. The highest BCUT2D eigenvalue weighted by Crippen LogP contribution is 2.19. The molecule has 0 radical (unpaired) electrons. The van der Waals surface area contributed by atoms with Crippen molar-refractivity contribution in [2.75, 3.05) is 7.11 Å². The van der Waals surface area contributed by atoms with Crippen molar-refractivity contribution < 1.29 is 14.3 Å². The summed E-state index contributed by atoms with van der Waals surface area (Å²) >= 11 is 3.34. The van der Waals surface area contributed by atoms with Crippen LogP contribution in [0.1, 0.15) is 32.1 Å². The molecule has 27 heavy (non-hydrogen) atoms. The lowest BCUT2D eigenvalue weighted by atomic mass is 10.1. The van der Waals surface area contributed by atoms with Gasteiger partial charge in [-0.2, -0.15) is 0 Å². The van der Waals surface area contributed by atoms with Crippen molar-refractivity contribution in [3.8, 4) is 0 Å². The summed E-state index contributed by atoms with van der Waals surface area (Å²) in [6, 6.07) is 15.4. The fraction of sp³-hybridized carbons (Fsp3) is 0.238. The van der Waals surface area contributed by atoms with Crippen LogP contribution < -0.4 is 0 Å². The molecule has 2 aromatic heterocycles. The largest absolute Gasteiger partial charge is 0.465 e. The Balaban J connectivity index is 1.62. The van der Waals surface area contributed by atoms with Crippen molar-refractivity contribution in [2.45, 2.75) is 25.9 Å². The third-order valence-corrected chi connectivity index (χ3v) is 5.93.